The van der Waals surface area contributed by atoms with E-state index in [0.717, 1.165) is 75.3 Å². The molecule has 194 valence electrons. The number of anilines is 2. The number of hydrogen-bond acceptors (Lipinski definition) is 7. The van der Waals surface area contributed by atoms with Crippen molar-refractivity contribution in [2.24, 2.45) is 5.73 Å². The van der Waals surface area contributed by atoms with Crippen LogP contribution in [0.15, 0.2) is 60.8 Å². The quantitative estimate of drug-likeness (QED) is 0.461. The Balaban J connectivity index is 1.35. The molecule has 0 spiro atoms. The van der Waals surface area contributed by atoms with Gasteiger partial charge in [0.15, 0.2) is 0 Å². The first-order chi connectivity index (χ1) is 18.2. The molecule has 2 aliphatic heterocycles. The van der Waals surface area contributed by atoms with Gasteiger partial charge in [-0.2, -0.15) is 4.98 Å². The van der Waals surface area contributed by atoms with Crippen molar-refractivity contribution in [1.29, 1.82) is 0 Å². The standard InChI is InChI=1S/C30H39N7/c1-3-35(4-2)14-15-36-16-18-37(19-17-36)30-32-22-26-20-27(24-8-6-5-7-9-24)28(33-29(26)34-30)25-12-10-23(21-31)11-13-25/h5-13,20,22,28H,3-4,14-19,21,31H2,1-2H3,(H,32,33,34). The highest BCUT2D eigenvalue weighted by Gasteiger charge is 2.26. The molecule has 0 saturated carbocycles. The third-order valence-corrected chi connectivity index (χ3v) is 7.65. The van der Waals surface area contributed by atoms with E-state index >= 15 is 0 Å². The average molecular weight is 498 g/mol. The van der Waals surface area contributed by atoms with E-state index in [4.69, 9.17) is 15.7 Å². The van der Waals surface area contributed by atoms with Gasteiger partial charge in [-0.05, 0) is 41.4 Å². The van der Waals surface area contributed by atoms with Gasteiger partial charge in [-0.1, -0.05) is 68.4 Å². The van der Waals surface area contributed by atoms with E-state index in [2.05, 4.69) is 94.5 Å². The first kappa shape index (κ1) is 25.4. The van der Waals surface area contributed by atoms with Crippen molar-refractivity contribution >= 4 is 23.4 Å². The average Bonchev–Trinajstić information content (AvgIpc) is 2.97. The van der Waals surface area contributed by atoms with Crippen LogP contribution in [0, 0.1) is 0 Å². The third-order valence-electron chi connectivity index (χ3n) is 7.65. The fourth-order valence-electron chi connectivity index (χ4n) is 5.20. The molecule has 0 amide bonds. The van der Waals surface area contributed by atoms with Gasteiger partial charge in [0.1, 0.15) is 5.82 Å². The lowest BCUT2D eigenvalue weighted by molar-refractivity contribution is 0.205. The first-order valence-electron chi connectivity index (χ1n) is 13.6. The van der Waals surface area contributed by atoms with Crippen molar-refractivity contribution in [2.45, 2.75) is 26.4 Å². The van der Waals surface area contributed by atoms with Gasteiger partial charge in [-0.25, -0.2) is 4.98 Å². The number of rotatable bonds is 9. The van der Waals surface area contributed by atoms with Crippen LogP contribution in [0.1, 0.15) is 42.1 Å². The van der Waals surface area contributed by atoms with Gasteiger partial charge in [-0.3, -0.25) is 4.90 Å². The third kappa shape index (κ3) is 5.85. The van der Waals surface area contributed by atoms with Gasteiger partial charge >= 0.3 is 0 Å². The molecular formula is C30H39N7. The van der Waals surface area contributed by atoms with Crippen molar-refractivity contribution in [1.82, 2.24) is 19.8 Å². The number of nitrogens with zero attached hydrogens (tertiary/aromatic N) is 5. The molecule has 2 aliphatic rings. The van der Waals surface area contributed by atoms with Gasteiger partial charge in [0.05, 0.1) is 6.04 Å². The molecule has 1 saturated heterocycles. The molecule has 2 aromatic carbocycles. The summed E-state index contributed by atoms with van der Waals surface area (Å²) >= 11 is 0. The molecule has 5 rings (SSSR count). The van der Waals surface area contributed by atoms with Gasteiger partial charge in [0, 0.05) is 57.6 Å². The normalized spacial score (nSPS) is 17.9. The Kier molecular flexibility index (Phi) is 8.14. The highest BCUT2D eigenvalue weighted by atomic mass is 15.3. The lowest BCUT2D eigenvalue weighted by Gasteiger charge is -2.36. The lowest BCUT2D eigenvalue weighted by atomic mass is 9.89. The van der Waals surface area contributed by atoms with Crippen LogP contribution >= 0.6 is 0 Å². The Morgan fingerprint density at radius 1 is 0.973 bits per heavy atom. The molecule has 0 radical (unpaired) electrons. The van der Waals surface area contributed by atoms with E-state index in [9.17, 15) is 0 Å². The number of nitrogens with one attached hydrogen (secondary N) is 1. The van der Waals surface area contributed by atoms with Gasteiger partial charge in [0.2, 0.25) is 5.95 Å². The molecule has 0 bridgehead atoms. The largest absolute Gasteiger partial charge is 0.358 e. The SMILES string of the molecule is CCN(CC)CCN1CCN(c2ncc3c(n2)NC(c2ccc(CN)cc2)C(c2ccccc2)=C3)CC1. The Labute approximate surface area is 221 Å². The molecule has 1 fully saturated rings. The van der Waals surface area contributed by atoms with Crippen LogP contribution < -0.4 is 16.0 Å². The van der Waals surface area contributed by atoms with Crippen LogP contribution in [0.5, 0.6) is 0 Å². The van der Waals surface area contributed by atoms with Crippen molar-refractivity contribution in [3.05, 3.63) is 83.0 Å². The number of benzene rings is 2. The minimum absolute atomic E-state index is 0.00130. The van der Waals surface area contributed by atoms with Crippen LogP contribution in [0.2, 0.25) is 0 Å². The topological polar surface area (TPSA) is 73.5 Å². The van der Waals surface area contributed by atoms with E-state index < -0.39 is 0 Å². The molecule has 37 heavy (non-hydrogen) atoms. The molecule has 1 aromatic heterocycles. The Morgan fingerprint density at radius 2 is 1.70 bits per heavy atom. The van der Waals surface area contributed by atoms with Crippen LogP contribution in [-0.2, 0) is 6.54 Å². The number of hydrogen-bond donors (Lipinski definition) is 2. The summed E-state index contributed by atoms with van der Waals surface area (Å²) < 4.78 is 0. The van der Waals surface area contributed by atoms with Crippen LogP contribution in [0.4, 0.5) is 11.8 Å². The molecule has 1 atom stereocenters. The fourth-order valence-corrected chi connectivity index (χ4v) is 5.20. The molecule has 0 aliphatic carbocycles. The van der Waals surface area contributed by atoms with E-state index in [0.29, 0.717) is 6.54 Å². The molecule has 1 unspecified atom stereocenters. The number of piperazine rings is 1. The zero-order valence-electron chi connectivity index (χ0n) is 22.1. The molecule has 3 aromatic rings. The molecule has 7 heteroatoms. The van der Waals surface area contributed by atoms with E-state index in [-0.39, 0.29) is 6.04 Å². The Bertz CT molecular complexity index is 1180. The second-order valence-corrected chi connectivity index (χ2v) is 9.82. The second kappa shape index (κ2) is 11.9. The smallest absolute Gasteiger partial charge is 0.227 e. The summed E-state index contributed by atoms with van der Waals surface area (Å²) in [5.41, 5.74) is 11.6. The highest BCUT2D eigenvalue weighted by Crippen LogP contribution is 2.40. The first-order valence-corrected chi connectivity index (χ1v) is 13.6. The van der Waals surface area contributed by atoms with E-state index in [1.54, 1.807) is 0 Å². The van der Waals surface area contributed by atoms with Crippen LogP contribution in [-0.4, -0.2) is 72.1 Å². The number of nitrogens with two attached hydrogens (primary N) is 1. The maximum atomic E-state index is 5.85. The van der Waals surface area contributed by atoms with E-state index in [1.807, 2.05) is 6.20 Å². The highest BCUT2D eigenvalue weighted by molar-refractivity contribution is 5.92. The number of aromatic nitrogens is 2. The summed E-state index contributed by atoms with van der Waals surface area (Å²) in [7, 11) is 0. The van der Waals surface area contributed by atoms with Crippen molar-refractivity contribution in [3.63, 3.8) is 0 Å². The number of likely N-dealkylation sites (N-methyl/N-ethyl adjacent to an activating group) is 1. The summed E-state index contributed by atoms with van der Waals surface area (Å²) in [6, 6.07) is 19.1. The van der Waals surface area contributed by atoms with Crippen molar-refractivity contribution in [2.75, 3.05) is 62.6 Å². The minimum atomic E-state index is 0.00130. The minimum Gasteiger partial charge on any atom is -0.358 e. The monoisotopic (exact) mass is 497 g/mol. The molecule has 7 nitrogen and oxygen atoms in total. The van der Waals surface area contributed by atoms with Crippen LogP contribution in [0.3, 0.4) is 0 Å². The van der Waals surface area contributed by atoms with Gasteiger partial charge in [-0.15, -0.1) is 0 Å². The second-order valence-electron chi connectivity index (χ2n) is 9.82. The lowest BCUT2D eigenvalue weighted by Crippen LogP contribution is -2.49. The van der Waals surface area contributed by atoms with E-state index in [1.165, 1.54) is 16.7 Å². The predicted octanol–water partition coefficient (Wildman–Crippen LogP) is 4.11. The summed E-state index contributed by atoms with van der Waals surface area (Å²) in [5, 5.41) is 3.74. The fraction of sp³-hybridized carbons (Fsp3) is 0.400. The van der Waals surface area contributed by atoms with Crippen molar-refractivity contribution in [3.8, 4) is 0 Å². The van der Waals surface area contributed by atoms with Gasteiger partial charge in [0.25, 0.3) is 0 Å². The predicted molar refractivity (Wildman–Crippen MR) is 153 cm³/mol. The van der Waals surface area contributed by atoms with Crippen LogP contribution in [0.25, 0.3) is 11.6 Å². The molecule has 3 N–H and O–H groups in total. The zero-order valence-corrected chi connectivity index (χ0v) is 22.1. The Hall–Kier alpha value is -3.26. The van der Waals surface area contributed by atoms with Crippen molar-refractivity contribution < 1.29 is 0 Å². The molecular weight excluding hydrogens is 458 g/mol. The summed E-state index contributed by atoms with van der Waals surface area (Å²) in [6.07, 6.45) is 4.20. The van der Waals surface area contributed by atoms with Gasteiger partial charge < -0.3 is 20.9 Å². The summed E-state index contributed by atoms with van der Waals surface area (Å²) in [5.74, 6) is 1.70. The summed E-state index contributed by atoms with van der Waals surface area (Å²) in [6.45, 7) is 13.5. The summed E-state index contributed by atoms with van der Waals surface area (Å²) in [4.78, 5) is 17.2. The zero-order chi connectivity index (χ0) is 25.6. The number of fused-ring (bicyclic) bond motifs is 1. The molecule has 3 heterocycles. The Morgan fingerprint density at radius 3 is 2.38 bits per heavy atom. The maximum absolute atomic E-state index is 5.85. The maximum Gasteiger partial charge on any atom is 0.227 e.